The van der Waals surface area contributed by atoms with E-state index in [4.69, 9.17) is 18.9 Å². The van der Waals surface area contributed by atoms with Crippen LogP contribution in [0.5, 0.6) is 0 Å². The zero-order valence-electron chi connectivity index (χ0n) is 24.7. The standard InChI is InChI=1S/C18H18O5.C17H16O5/c1-12(2)17(20)22-10-14(19)11-23-18(21)16-9-5-7-13-6-3-4-8-15(13)16;1-2-16(19)21-11-13(10-18)22-17(20)15-9-5-7-12-6-3-4-8-14(12)15/h3-9,14,19H,1,10-11H2,2H3;2-9,13,18H,1,10-11H2. The summed E-state index contributed by atoms with van der Waals surface area (Å²) in [7, 11) is 0. The normalized spacial score (nSPS) is 11.7. The highest BCUT2D eigenvalue weighted by molar-refractivity contribution is 6.05. The van der Waals surface area contributed by atoms with E-state index in [0.717, 1.165) is 27.6 Å². The summed E-state index contributed by atoms with van der Waals surface area (Å²) in [5, 5.41) is 22.3. The molecular weight excluding hydrogens is 580 g/mol. The summed E-state index contributed by atoms with van der Waals surface area (Å²) in [5.74, 6) is -2.35. The van der Waals surface area contributed by atoms with Gasteiger partial charge in [-0.15, -0.1) is 0 Å². The van der Waals surface area contributed by atoms with Crippen LogP contribution < -0.4 is 0 Å². The van der Waals surface area contributed by atoms with Gasteiger partial charge in [0, 0.05) is 11.6 Å². The molecule has 10 nitrogen and oxygen atoms in total. The summed E-state index contributed by atoms with van der Waals surface area (Å²) >= 11 is 0. The number of aliphatic hydroxyl groups excluding tert-OH is 2. The number of hydrogen-bond donors (Lipinski definition) is 2. The van der Waals surface area contributed by atoms with Crippen LogP contribution in [0.1, 0.15) is 27.6 Å². The van der Waals surface area contributed by atoms with Gasteiger partial charge in [-0.25, -0.2) is 19.2 Å². The maximum atomic E-state index is 12.2. The third-order valence-corrected chi connectivity index (χ3v) is 6.24. The second-order valence-electron chi connectivity index (χ2n) is 9.73. The summed E-state index contributed by atoms with van der Waals surface area (Å²) in [5.41, 5.74) is 1.06. The Kier molecular flexibility index (Phi) is 13.0. The Balaban J connectivity index is 0.000000246. The van der Waals surface area contributed by atoms with Crippen LogP contribution >= 0.6 is 0 Å². The third-order valence-electron chi connectivity index (χ3n) is 6.24. The zero-order valence-corrected chi connectivity index (χ0v) is 24.7. The van der Waals surface area contributed by atoms with Gasteiger partial charge in [-0.2, -0.15) is 0 Å². The maximum Gasteiger partial charge on any atom is 0.339 e. The number of carbonyl (C=O) groups is 4. The van der Waals surface area contributed by atoms with E-state index in [1.165, 1.54) is 6.92 Å². The van der Waals surface area contributed by atoms with E-state index in [1.807, 2.05) is 60.7 Å². The highest BCUT2D eigenvalue weighted by Crippen LogP contribution is 2.20. The molecule has 0 aromatic heterocycles. The fourth-order valence-electron chi connectivity index (χ4n) is 3.97. The Labute approximate surface area is 260 Å². The van der Waals surface area contributed by atoms with Crippen molar-refractivity contribution in [3.05, 3.63) is 121 Å². The highest BCUT2D eigenvalue weighted by atomic mass is 16.6. The molecule has 2 atom stereocenters. The number of aliphatic hydroxyl groups is 2. The average Bonchev–Trinajstić information content (AvgIpc) is 3.07. The zero-order chi connectivity index (χ0) is 32.8. The molecule has 0 aliphatic carbocycles. The van der Waals surface area contributed by atoms with E-state index in [1.54, 1.807) is 24.3 Å². The van der Waals surface area contributed by atoms with E-state index in [9.17, 15) is 29.4 Å². The Morgan fingerprint density at radius 1 is 0.733 bits per heavy atom. The van der Waals surface area contributed by atoms with Crippen molar-refractivity contribution in [2.24, 2.45) is 0 Å². The molecule has 0 saturated carbocycles. The van der Waals surface area contributed by atoms with Gasteiger partial charge in [0.2, 0.25) is 0 Å². The lowest BCUT2D eigenvalue weighted by molar-refractivity contribution is -0.143. The number of carbonyl (C=O) groups excluding carboxylic acids is 4. The number of benzene rings is 4. The lowest BCUT2D eigenvalue weighted by Gasteiger charge is -2.16. The van der Waals surface area contributed by atoms with Crippen molar-refractivity contribution in [1.29, 1.82) is 0 Å². The van der Waals surface area contributed by atoms with Crippen molar-refractivity contribution < 1.29 is 48.3 Å². The SMILES string of the molecule is C=C(C)C(=O)OCC(O)COC(=O)c1cccc2ccccc12.C=CC(=O)OCC(CO)OC(=O)c1cccc2ccccc12. The predicted octanol–water partition coefficient (Wildman–Crippen LogP) is 4.56. The molecule has 2 unspecified atom stereocenters. The predicted molar refractivity (Wildman–Crippen MR) is 167 cm³/mol. The van der Waals surface area contributed by atoms with Crippen LogP contribution in [0.15, 0.2) is 110 Å². The molecule has 0 fully saturated rings. The second-order valence-corrected chi connectivity index (χ2v) is 9.73. The summed E-state index contributed by atoms with van der Waals surface area (Å²) < 4.78 is 19.8. The van der Waals surface area contributed by atoms with Gasteiger partial charge in [-0.1, -0.05) is 86.0 Å². The smallest absolute Gasteiger partial charge is 0.339 e. The van der Waals surface area contributed by atoms with E-state index >= 15 is 0 Å². The first-order valence-electron chi connectivity index (χ1n) is 13.9. The molecule has 4 aromatic carbocycles. The molecule has 10 heteroatoms. The van der Waals surface area contributed by atoms with Crippen molar-refractivity contribution in [2.75, 3.05) is 26.4 Å². The lowest BCUT2D eigenvalue weighted by atomic mass is 10.0. The molecular formula is C35H34O10. The third kappa shape index (κ3) is 10.1. The van der Waals surface area contributed by atoms with Crippen LogP contribution in [0.4, 0.5) is 0 Å². The minimum absolute atomic E-state index is 0.224. The van der Waals surface area contributed by atoms with Gasteiger partial charge in [0.15, 0.2) is 6.10 Å². The van der Waals surface area contributed by atoms with Crippen LogP contribution in [0.3, 0.4) is 0 Å². The highest BCUT2D eigenvalue weighted by Gasteiger charge is 2.19. The molecule has 0 radical (unpaired) electrons. The van der Waals surface area contributed by atoms with Crippen molar-refractivity contribution in [2.45, 2.75) is 19.1 Å². The quantitative estimate of drug-likeness (QED) is 0.132. The van der Waals surface area contributed by atoms with Crippen molar-refractivity contribution >= 4 is 45.4 Å². The summed E-state index contributed by atoms with van der Waals surface area (Å²) in [4.78, 5) is 46.6. The van der Waals surface area contributed by atoms with Gasteiger partial charge in [-0.05, 0) is 40.6 Å². The number of hydrogen-bond acceptors (Lipinski definition) is 10. The van der Waals surface area contributed by atoms with Crippen molar-refractivity contribution in [3.8, 4) is 0 Å². The van der Waals surface area contributed by atoms with E-state index < -0.39 is 42.7 Å². The minimum atomic E-state index is -1.09. The molecule has 0 spiro atoms. The van der Waals surface area contributed by atoms with Gasteiger partial charge in [-0.3, -0.25) is 0 Å². The molecule has 234 valence electrons. The second kappa shape index (κ2) is 17.1. The Hall–Kier alpha value is -5.32. The molecule has 45 heavy (non-hydrogen) atoms. The molecule has 0 heterocycles. The Bertz CT molecular complexity index is 1670. The fraction of sp³-hybridized carbons (Fsp3) is 0.200. The number of fused-ring (bicyclic) bond motifs is 2. The molecule has 0 amide bonds. The summed E-state index contributed by atoms with van der Waals surface area (Å²) in [6.07, 6.45) is -1.01. The van der Waals surface area contributed by atoms with Crippen LogP contribution in [-0.4, -0.2) is 72.7 Å². The van der Waals surface area contributed by atoms with Gasteiger partial charge >= 0.3 is 23.9 Å². The van der Waals surface area contributed by atoms with Gasteiger partial charge in [0.1, 0.15) is 25.9 Å². The van der Waals surface area contributed by atoms with Crippen LogP contribution in [0.2, 0.25) is 0 Å². The van der Waals surface area contributed by atoms with Crippen LogP contribution in [-0.2, 0) is 28.5 Å². The average molecular weight is 615 g/mol. The minimum Gasteiger partial charge on any atom is -0.459 e. The monoisotopic (exact) mass is 614 g/mol. The molecule has 0 saturated heterocycles. The van der Waals surface area contributed by atoms with Gasteiger partial charge < -0.3 is 29.2 Å². The van der Waals surface area contributed by atoms with E-state index in [2.05, 4.69) is 13.2 Å². The Morgan fingerprint density at radius 2 is 1.24 bits per heavy atom. The molecule has 0 bridgehead atoms. The first kappa shape index (κ1) is 34.2. The van der Waals surface area contributed by atoms with Gasteiger partial charge in [0.25, 0.3) is 0 Å². The largest absolute Gasteiger partial charge is 0.459 e. The van der Waals surface area contributed by atoms with Crippen LogP contribution in [0.25, 0.3) is 21.5 Å². The number of esters is 4. The Morgan fingerprint density at radius 3 is 1.78 bits per heavy atom. The summed E-state index contributed by atoms with van der Waals surface area (Å²) in [6.45, 7) is 7.02. The van der Waals surface area contributed by atoms with E-state index in [0.29, 0.717) is 11.1 Å². The first-order valence-corrected chi connectivity index (χ1v) is 13.9. The maximum absolute atomic E-state index is 12.2. The van der Waals surface area contributed by atoms with Crippen molar-refractivity contribution in [1.82, 2.24) is 0 Å². The molecule has 0 aliphatic heterocycles. The molecule has 4 aromatic rings. The fourth-order valence-corrected chi connectivity index (χ4v) is 3.97. The number of ether oxygens (including phenoxy) is 4. The molecule has 2 N–H and O–H groups in total. The molecule has 4 rings (SSSR count). The first-order chi connectivity index (χ1) is 21.6. The lowest BCUT2D eigenvalue weighted by Crippen LogP contribution is -2.28. The van der Waals surface area contributed by atoms with Gasteiger partial charge in [0.05, 0.1) is 17.7 Å². The van der Waals surface area contributed by atoms with Crippen LogP contribution in [0, 0.1) is 0 Å². The van der Waals surface area contributed by atoms with E-state index in [-0.39, 0.29) is 25.4 Å². The number of rotatable bonds is 12. The van der Waals surface area contributed by atoms with Crippen molar-refractivity contribution in [3.63, 3.8) is 0 Å². The topological polar surface area (TPSA) is 146 Å². The summed E-state index contributed by atoms with van der Waals surface area (Å²) in [6, 6.07) is 25.5. The molecule has 0 aliphatic rings.